The molecule has 2 heterocycles. The van der Waals surface area contributed by atoms with Gasteiger partial charge in [-0.05, 0) is 6.42 Å². The van der Waals surface area contributed by atoms with Gasteiger partial charge in [0.05, 0.1) is 6.61 Å². The fourth-order valence-corrected chi connectivity index (χ4v) is 2.17. The Bertz CT molecular complexity index is 368. The Morgan fingerprint density at radius 2 is 2.41 bits per heavy atom. The maximum Gasteiger partial charge on any atom is 0.290 e. The van der Waals surface area contributed by atoms with Gasteiger partial charge in [-0.25, -0.2) is 0 Å². The summed E-state index contributed by atoms with van der Waals surface area (Å²) in [6, 6.07) is 0. The minimum absolute atomic E-state index is 0.170. The maximum atomic E-state index is 11.9. The van der Waals surface area contributed by atoms with Gasteiger partial charge < -0.3 is 14.5 Å². The average Bonchev–Trinajstić information content (AvgIpc) is 2.81. The van der Waals surface area contributed by atoms with E-state index in [0.717, 1.165) is 32.7 Å². The van der Waals surface area contributed by atoms with Crippen molar-refractivity contribution in [2.45, 2.75) is 6.42 Å². The molecule has 6 nitrogen and oxygen atoms in total. The molecule has 92 valence electrons. The molecule has 0 aromatic carbocycles. The van der Waals surface area contributed by atoms with Gasteiger partial charge in [-0.1, -0.05) is 0 Å². The van der Waals surface area contributed by atoms with Crippen LogP contribution in [0.25, 0.3) is 0 Å². The third kappa shape index (κ3) is 2.56. The van der Waals surface area contributed by atoms with Gasteiger partial charge in [-0.3, -0.25) is 4.79 Å². The summed E-state index contributed by atoms with van der Waals surface area (Å²) in [5, 5.41) is 8.64. The highest BCUT2D eigenvalue weighted by atomic mass is 16.5. The fraction of sp³-hybridized carbons (Fsp3) is 0.727. The van der Waals surface area contributed by atoms with Crippen molar-refractivity contribution in [3.63, 3.8) is 0 Å². The predicted molar refractivity (Wildman–Crippen MR) is 61.2 cm³/mol. The molecular formula is C11H16N4O2. The molecule has 0 aliphatic carbocycles. The lowest BCUT2D eigenvalue weighted by Crippen LogP contribution is -2.54. The molecule has 6 heteroatoms. The number of nitriles is 1. The summed E-state index contributed by atoms with van der Waals surface area (Å²) in [6.07, 6.45) is 2.73. The lowest BCUT2D eigenvalue weighted by Gasteiger charge is -2.35. The molecule has 2 saturated heterocycles. The Morgan fingerprint density at radius 1 is 1.59 bits per heavy atom. The zero-order valence-corrected chi connectivity index (χ0v) is 9.93. The summed E-state index contributed by atoms with van der Waals surface area (Å²) >= 11 is 0. The van der Waals surface area contributed by atoms with Gasteiger partial charge in [-0.2, -0.15) is 5.26 Å². The molecule has 0 radical (unpaired) electrons. The SMILES string of the molecule is CN1CCN(CC2CCOC2)C(=NC#N)C1=O. The van der Waals surface area contributed by atoms with Crippen LogP contribution in [0, 0.1) is 17.4 Å². The standard InChI is InChI=1S/C11H16N4O2/c1-14-3-4-15(6-9-2-5-17-7-9)10(11(14)16)13-8-12/h9H,2-7H2,1H3. The van der Waals surface area contributed by atoms with Crippen molar-refractivity contribution < 1.29 is 9.53 Å². The molecule has 2 rings (SSSR count). The van der Waals surface area contributed by atoms with Gasteiger partial charge in [0.2, 0.25) is 12.0 Å². The quantitative estimate of drug-likeness (QED) is 0.616. The molecule has 1 amide bonds. The summed E-state index contributed by atoms with van der Waals surface area (Å²) < 4.78 is 5.31. The molecule has 2 aliphatic heterocycles. The van der Waals surface area contributed by atoms with Gasteiger partial charge in [0.1, 0.15) is 0 Å². The molecular weight excluding hydrogens is 220 g/mol. The van der Waals surface area contributed by atoms with E-state index in [0.29, 0.717) is 12.5 Å². The fourth-order valence-electron chi connectivity index (χ4n) is 2.17. The first-order valence-electron chi connectivity index (χ1n) is 5.77. The first-order valence-corrected chi connectivity index (χ1v) is 5.77. The largest absolute Gasteiger partial charge is 0.381 e. The molecule has 1 atom stereocenters. The number of likely N-dealkylation sites (N-methyl/N-ethyl adjacent to an activating group) is 1. The highest BCUT2D eigenvalue weighted by molar-refractivity contribution is 6.38. The monoisotopic (exact) mass is 236 g/mol. The molecule has 0 aromatic rings. The molecule has 0 aromatic heterocycles. The molecule has 2 aliphatic rings. The van der Waals surface area contributed by atoms with Crippen molar-refractivity contribution in [1.82, 2.24) is 9.80 Å². The minimum Gasteiger partial charge on any atom is -0.381 e. The van der Waals surface area contributed by atoms with E-state index in [-0.39, 0.29) is 11.7 Å². The van der Waals surface area contributed by atoms with Crippen molar-refractivity contribution in [2.24, 2.45) is 10.9 Å². The summed E-state index contributed by atoms with van der Waals surface area (Å²) in [5.74, 6) is 0.542. The Labute approximate surface area is 100 Å². The minimum atomic E-state index is -0.170. The number of amides is 1. The van der Waals surface area contributed by atoms with Crippen LogP contribution in [0.1, 0.15) is 6.42 Å². The number of carbonyl (C=O) groups is 1. The Kier molecular flexibility index (Phi) is 3.59. The number of rotatable bonds is 2. The summed E-state index contributed by atoms with van der Waals surface area (Å²) in [7, 11) is 1.73. The lowest BCUT2D eigenvalue weighted by atomic mass is 10.1. The van der Waals surface area contributed by atoms with E-state index in [2.05, 4.69) is 4.99 Å². The van der Waals surface area contributed by atoms with E-state index in [1.54, 1.807) is 18.1 Å². The van der Waals surface area contributed by atoms with Crippen molar-refractivity contribution in [2.75, 3.05) is 39.9 Å². The van der Waals surface area contributed by atoms with Gasteiger partial charge in [-0.15, -0.1) is 4.99 Å². The molecule has 0 saturated carbocycles. The van der Waals surface area contributed by atoms with Gasteiger partial charge in [0.15, 0.2) is 0 Å². The highest BCUT2D eigenvalue weighted by Gasteiger charge is 2.30. The Balaban J connectivity index is 2.06. The third-order valence-electron chi connectivity index (χ3n) is 3.20. The van der Waals surface area contributed by atoms with Crippen LogP contribution in [0.3, 0.4) is 0 Å². The first kappa shape index (κ1) is 11.9. The molecule has 0 N–H and O–H groups in total. The Hall–Kier alpha value is -1.61. The first-order chi connectivity index (χ1) is 8.22. The van der Waals surface area contributed by atoms with Gasteiger partial charge in [0, 0.05) is 39.2 Å². The summed E-state index contributed by atoms with van der Waals surface area (Å²) in [5.41, 5.74) is 0. The van der Waals surface area contributed by atoms with E-state index in [1.165, 1.54) is 0 Å². The number of amidine groups is 1. The second kappa shape index (κ2) is 5.15. The predicted octanol–water partition coefficient (Wildman–Crippen LogP) is -0.324. The van der Waals surface area contributed by atoms with Crippen LogP contribution in [0.2, 0.25) is 0 Å². The maximum absolute atomic E-state index is 11.9. The third-order valence-corrected chi connectivity index (χ3v) is 3.20. The second-order valence-corrected chi connectivity index (χ2v) is 4.44. The van der Waals surface area contributed by atoms with Crippen LogP contribution in [0.5, 0.6) is 0 Å². The molecule has 1 unspecified atom stereocenters. The number of hydrogen-bond donors (Lipinski definition) is 0. The average molecular weight is 236 g/mol. The van der Waals surface area contributed by atoms with Crippen LogP contribution in [0.4, 0.5) is 0 Å². The van der Waals surface area contributed by atoms with Crippen LogP contribution in [-0.2, 0) is 9.53 Å². The van der Waals surface area contributed by atoms with E-state index >= 15 is 0 Å². The van der Waals surface area contributed by atoms with E-state index in [9.17, 15) is 4.79 Å². The summed E-state index contributed by atoms with van der Waals surface area (Å²) in [4.78, 5) is 19.0. The number of ether oxygens (including phenoxy) is 1. The van der Waals surface area contributed by atoms with Crippen molar-refractivity contribution in [1.29, 1.82) is 5.26 Å². The molecule has 2 fully saturated rings. The zero-order valence-electron chi connectivity index (χ0n) is 9.93. The normalized spacial score (nSPS) is 27.6. The van der Waals surface area contributed by atoms with Crippen molar-refractivity contribution in [3.05, 3.63) is 0 Å². The van der Waals surface area contributed by atoms with Crippen molar-refractivity contribution >= 4 is 11.7 Å². The smallest absolute Gasteiger partial charge is 0.290 e. The van der Waals surface area contributed by atoms with E-state index in [4.69, 9.17) is 10.00 Å². The van der Waals surface area contributed by atoms with Gasteiger partial charge in [0.25, 0.3) is 5.91 Å². The summed E-state index contributed by atoms with van der Waals surface area (Å²) in [6.45, 7) is 3.69. The molecule has 0 spiro atoms. The van der Waals surface area contributed by atoms with Gasteiger partial charge >= 0.3 is 0 Å². The van der Waals surface area contributed by atoms with E-state index in [1.807, 2.05) is 4.90 Å². The number of nitrogens with zero attached hydrogens (tertiary/aromatic N) is 4. The van der Waals surface area contributed by atoms with Crippen LogP contribution in [-0.4, -0.2) is 61.4 Å². The lowest BCUT2D eigenvalue weighted by molar-refractivity contribution is -0.125. The highest BCUT2D eigenvalue weighted by Crippen LogP contribution is 2.16. The van der Waals surface area contributed by atoms with Crippen LogP contribution >= 0.6 is 0 Å². The van der Waals surface area contributed by atoms with Crippen LogP contribution in [0.15, 0.2) is 4.99 Å². The Morgan fingerprint density at radius 3 is 3.06 bits per heavy atom. The zero-order chi connectivity index (χ0) is 12.3. The number of hydrogen-bond acceptors (Lipinski definition) is 4. The topological polar surface area (TPSA) is 68.9 Å². The van der Waals surface area contributed by atoms with Crippen LogP contribution < -0.4 is 0 Å². The van der Waals surface area contributed by atoms with Crippen molar-refractivity contribution in [3.8, 4) is 6.19 Å². The molecule has 17 heavy (non-hydrogen) atoms. The number of piperazine rings is 1. The second-order valence-electron chi connectivity index (χ2n) is 4.44. The molecule has 0 bridgehead atoms. The number of carbonyl (C=O) groups excluding carboxylic acids is 1. The number of aliphatic imine (C=N–C) groups is 1. The van der Waals surface area contributed by atoms with E-state index < -0.39 is 0 Å².